The maximum absolute atomic E-state index is 12.1. The zero-order valence-corrected chi connectivity index (χ0v) is 14.8. The molecule has 1 aliphatic carbocycles. The van der Waals surface area contributed by atoms with Crippen LogP contribution in [-0.4, -0.2) is 29.7 Å². The van der Waals surface area contributed by atoms with Gasteiger partial charge in [-0.2, -0.15) is 0 Å². The molecule has 0 aliphatic heterocycles. The summed E-state index contributed by atoms with van der Waals surface area (Å²) in [6.07, 6.45) is 2.72. The topological polar surface area (TPSA) is 78.4 Å². The molecule has 1 saturated carbocycles. The van der Waals surface area contributed by atoms with Crippen molar-refractivity contribution in [3.8, 4) is 0 Å². The largest absolute Gasteiger partial charge is 0.481 e. The maximum Gasteiger partial charge on any atom is 0.315 e. The van der Waals surface area contributed by atoms with Crippen molar-refractivity contribution in [2.75, 3.05) is 6.54 Å². The number of nitrogens with one attached hydrogen (secondary N) is 2. The molecule has 2 rings (SSSR count). The van der Waals surface area contributed by atoms with Crippen molar-refractivity contribution in [3.63, 3.8) is 0 Å². The van der Waals surface area contributed by atoms with Crippen LogP contribution < -0.4 is 10.6 Å². The Labute approximate surface area is 143 Å². The molecule has 3 N–H and O–H groups in total. The fourth-order valence-electron chi connectivity index (χ4n) is 3.19. The highest BCUT2D eigenvalue weighted by molar-refractivity contribution is 5.74. The van der Waals surface area contributed by atoms with Crippen molar-refractivity contribution < 1.29 is 14.7 Å². The van der Waals surface area contributed by atoms with Crippen molar-refractivity contribution in [3.05, 3.63) is 35.4 Å². The first-order valence-corrected chi connectivity index (χ1v) is 8.62. The van der Waals surface area contributed by atoms with Gasteiger partial charge in [0.15, 0.2) is 0 Å². The molecule has 0 spiro atoms. The monoisotopic (exact) mass is 332 g/mol. The molecule has 0 aromatic heterocycles. The van der Waals surface area contributed by atoms with Crippen LogP contribution in [0.1, 0.15) is 50.7 Å². The standard InChI is InChI=1S/C19H28N2O3/c1-13-5-4-6-15(11-13)19(2,3)12-20-18(24)21-16-9-7-14(8-10-16)17(22)23/h4-6,11,14,16H,7-10,12H2,1-3H3,(H,22,23)(H2,20,21,24). The number of hydrogen-bond acceptors (Lipinski definition) is 2. The first kappa shape index (κ1) is 18.3. The van der Waals surface area contributed by atoms with Crippen LogP contribution in [0.2, 0.25) is 0 Å². The van der Waals surface area contributed by atoms with Crippen LogP contribution >= 0.6 is 0 Å². The van der Waals surface area contributed by atoms with Crippen LogP contribution in [0.5, 0.6) is 0 Å². The third-order valence-electron chi connectivity index (χ3n) is 4.90. The molecule has 0 heterocycles. The summed E-state index contributed by atoms with van der Waals surface area (Å²) >= 11 is 0. The molecule has 0 atom stereocenters. The Bertz CT molecular complexity index is 590. The molecule has 5 heteroatoms. The van der Waals surface area contributed by atoms with E-state index in [4.69, 9.17) is 5.11 Å². The fourth-order valence-corrected chi connectivity index (χ4v) is 3.19. The summed E-state index contributed by atoms with van der Waals surface area (Å²) in [4.78, 5) is 23.1. The van der Waals surface area contributed by atoms with Crippen LogP contribution in [-0.2, 0) is 10.2 Å². The van der Waals surface area contributed by atoms with Gasteiger partial charge in [0.25, 0.3) is 0 Å². The Morgan fingerprint density at radius 2 is 1.88 bits per heavy atom. The number of urea groups is 1. The summed E-state index contributed by atoms with van der Waals surface area (Å²) in [5.41, 5.74) is 2.26. The number of carboxylic acid groups (broad SMARTS) is 1. The summed E-state index contributed by atoms with van der Waals surface area (Å²) in [6.45, 7) is 6.83. The minimum atomic E-state index is -0.724. The van der Waals surface area contributed by atoms with E-state index in [0.29, 0.717) is 19.4 Å². The molecular formula is C19H28N2O3. The van der Waals surface area contributed by atoms with Crippen LogP contribution in [0.25, 0.3) is 0 Å². The zero-order chi connectivity index (χ0) is 17.7. The van der Waals surface area contributed by atoms with E-state index in [2.05, 4.69) is 49.6 Å². The van der Waals surface area contributed by atoms with Gasteiger partial charge in [-0.1, -0.05) is 43.7 Å². The highest BCUT2D eigenvalue weighted by atomic mass is 16.4. The van der Waals surface area contributed by atoms with E-state index >= 15 is 0 Å². The Balaban J connectivity index is 1.80. The number of carboxylic acids is 1. The van der Waals surface area contributed by atoms with Gasteiger partial charge in [0.1, 0.15) is 0 Å². The van der Waals surface area contributed by atoms with Gasteiger partial charge < -0.3 is 15.7 Å². The van der Waals surface area contributed by atoms with Crippen LogP contribution in [0.3, 0.4) is 0 Å². The molecule has 1 aromatic carbocycles. The molecule has 0 unspecified atom stereocenters. The number of rotatable bonds is 5. The lowest BCUT2D eigenvalue weighted by atomic mass is 9.84. The van der Waals surface area contributed by atoms with Crippen molar-refractivity contribution in [2.45, 2.75) is 57.9 Å². The Hall–Kier alpha value is -2.04. The molecule has 132 valence electrons. The predicted molar refractivity (Wildman–Crippen MR) is 94.1 cm³/mol. The lowest BCUT2D eigenvalue weighted by molar-refractivity contribution is -0.142. The van der Waals surface area contributed by atoms with E-state index in [1.165, 1.54) is 11.1 Å². The van der Waals surface area contributed by atoms with E-state index in [-0.39, 0.29) is 23.4 Å². The number of carbonyl (C=O) groups excluding carboxylic acids is 1. The SMILES string of the molecule is Cc1cccc(C(C)(C)CNC(=O)NC2CCC(C(=O)O)CC2)c1. The van der Waals surface area contributed by atoms with Gasteiger partial charge in [-0.05, 0) is 38.2 Å². The molecular weight excluding hydrogens is 304 g/mol. The average Bonchev–Trinajstić information content (AvgIpc) is 2.53. The van der Waals surface area contributed by atoms with Gasteiger partial charge in [-0.3, -0.25) is 4.79 Å². The number of aliphatic carboxylic acids is 1. The second-order valence-corrected chi connectivity index (χ2v) is 7.47. The zero-order valence-electron chi connectivity index (χ0n) is 14.8. The first-order valence-electron chi connectivity index (χ1n) is 8.62. The van der Waals surface area contributed by atoms with E-state index < -0.39 is 5.97 Å². The molecule has 5 nitrogen and oxygen atoms in total. The summed E-state index contributed by atoms with van der Waals surface area (Å²) in [7, 11) is 0. The van der Waals surface area contributed by atoms with Crippen molar-refractivity contribution in [2.24, 2.45) is 5.92 Å². The van der Waals surface area contributed by atoms with E-state index in [0.717, 1.165) is 12.8 Å². The van der Waals surface area contributed by atoms with Crippen LogP contribution in [0.4, 0.5) is 4.79 Å². The van der Waals surface area contributed by atoms with Crippen molar-refractivity contribution in [1.82, 2.24) is 10.6 Å². The van der Waals surface area contributed by atoms with Crippen LogP contribution in [0.15, 0.2) is 24.3 Å². The summed E-state index contributed by atoms with van der Waals surface area (Å²) in [6, 6.07) is 8.23. The van der Waals surface area contributed by atoms with Gasteiger partial charge in [-0.25, -0.2) is 4.79 Å². The minimum Gasteiger partial charge on any atom is -0.481 e. The molecule has 2 amide bonds. The summed E-state index contributed by atoms with van der Waals surface area (Å²) in [5, 5.41) is 14.9. The van der Waals surface area contributed by atoms with Gasteiger partial charge in [0.2, 0.25) is 0 Å². The highest BCUT2D eigenvalue weighted by Gasteiger charge is 2.27. The number of carbonyl (C=O) groups is 2. The number of aryl methyl sites for hydroxylation is 1. The lowest BCUT2D eigenvalue weighted by Gasteiger charge is -2.29. The van der Waals surface area contributed by atoms with Crippen molar-refractivity contribution in [1.29, 1.82) is 0 Å². The van der Waals surface area contributed by atoms with Gasteiger partial charge >= 0.3 is 12.0 Å². The Morgan fingerprint density at radius 3 is 2.46 bits per heavy atom. The quantitative estimate of drug-likeness (QED) is 0.775. The van der Waals surface area contributed by atoms with E-state index in [1.54, 1.807) is 0 Å². The normalized spacial score (nSPS) is 21.1. The minimum absolute atomic E-state index is 0.0719. The predicted octanol–water partition coefficient (Wildman–Crippen LogP) is 3.22. The fraction of sp³-hybridized carbons (Fsp3) is 0.579. The number of hydrogen-bond donors (Lipinski definition) is 3. The van der Waals surface area contributed by atoms with Crippen LogP contribution in [0, 0.1) is 12.8 Å². The van der Waals surface area contributed by atoms with Crippen molar-refractivity contribution >= 4 is 12.0 Å². The Kier molecular flexibility index (Phi) is 5.86. The molecule has 1 aliphatic rings. The third-order valence-corrected chi connectivity index (χ3v) is 4.90. The van der Waals surface area contributed by atoms with Gasteiger partial charge in [-0.15, -0.1) is 0 Å². The molecule has 1 fully saturated rings. The second-order valence-electron chi connectivity index (χ2n) is 7.47. The molecule has 0 radical (unpaired) electrons. The van der Waals surface area contributed by atoms with E-state index in [1.807, 2.05) is 6.07 Å². The summed E-state index contributed by atoms with van der Waals surface area (Å²) < 4.78 is 0. The molecule has 0 saturated heterocycles. The first-order chi connectivity index (χ1) is 11.3. The molecule has 1 aromatic rings. The second kappa shape index (κ2) is 7.69. The average molecular weight is 332 g/mol. The number of benzene rings is 1. The van der Waals surface area contributed by atoms with E-state index in [9.17, 15) is 9.59 Å². The molecule has 24 heavy (non-hydrogen) atoms. The smallest absolute Gasteiger partial charge is 0.315 e. The van der Waals surface area contributed by atoms with Gasteiger partial charge in [0, 0.05) is 18.0 Å². The molecule has 0 bridgehead atoms. The third kappa shape index (κ3) is 4.98. The lowest BCUT2D eigenvalue weighted by Crippen LogP contribution is -2.47. The highest BCUT2D eigenvalue weighted by Crippen LogP contribution is 2.25. The number of amides is 2. The maximum atomic E-state index is 12.1. The Morgan fingerprint density at radius 1 is 1.21 bits per heavy atom. The van der Waals surface area contributed by atoms with Gasteiger partial charge in [0.05, 0.1) is 5.92 Å². The summed E-state index contributed by atoms with van der Waals surface area (Å²) in [5.74, 6) is -0.982.